The summed E-state index contributed by atoms with van der Waals surface area (Å²) in [4.78, 5) is 54.3. The second-order valence-electron chi connectivity index (χ2n) is 6.57. The summed E-state index contributed by atoms with van der Waals surface area (Å²) >= 11 is 0. The molecule has 0 saturated heterocycles. The molecule has 0 aliphatic heterocycles. The molecular formula is C19H21N3O5. The predicted octanol–water partition coefficient (Wildman–Crippen LogP) is 1.21. The molecule has 4 N–H and O–H groups in total. The van der Waals surface area contributed by atoms with Crippen LogP contribution in [0.3, 0.4) is 0 Å². The second kappa shape index (κ2) is 7.32. The Bertz CT molecular complexity index is 970. The fourth-order valence-electron chi connectivity index (χ4n) is 3.51. The molecule has 3 rings (SSSR count). The van der Waals surface area contributed by atoms with Crippen molar-refractivity contribution in [1.82, 2.24) is 15.3 Å². The summed E-state index contributed by atoms with van der Waals surface area (Å²) in [6, 6.07) is 6.26. The van der Waals surface area contributed by atoms with Gasteiger partial charge in [-0.25, -0.2) is 4.79 Å². The number of nitrogens with one attached hydrogen (secondary N) is 3. The van der Waals surface area contributed by atoms with Crippen LogP contribution >= 0.6 is 0 Å². The van der Waals surface area contributed by atoms with E-state index in [9.17, 15) is 24.3 Å². The van der Waals surface area contributed by atoms with Crippen LogP contribution in [-0.4, -0.2) is 33.2 Å². The van der Waals surface area contributed by atoms with E-state index in [1.54, 1.807) is 12.1 Å². The van der Waals surface area contributed by atoms with Crippen molar-refractivity contribution in [1.29, 1.82) is 0 Å². The summed E-state index contributed by atoms with van der Waals surface area (Å²) in [5, 5.41) is 13.1. The average Bonchev–Trinajstić information content (AvgIpc) is 2.84. The molecule has 27 heavy (non-hydrogen) atoms. The first kappa shape index (κ1) is 18.8. The van der Waals surface area contributed by atoms with Crippen LogP contribution in [0.15, 0.2) is 33.9 Å². The molecule has 1 aliphatic rings. The topological polar surface area (TPSA) is 132 Å². The molecule has 0 spiro atoms. The molecule has 1 aromatic carbocycles. The molecule has 0 unspecified atom stereocenters. The molecule has 8 nitrogen and oxygen atoms in total. The first-order valence-electron chi connectivity index (χ1n) is 8.93. The fourth-order valence-corrected chi connectivity index (χ4v) is 3.51. The number of rotatable bonds is 7. The van der Waals surface area contributed by atoms with Crippen LogP contribution in [0.25, 0.3) is 0 Å². The Hall–Kier alpha value is -3.00. The van der Waals surface area contributed by atoms with E-state index in [1.165, 1.54) is 12.1 Å². The number of unbranched alkanes of at least 4 members (excludes halogenated alkanes) is 3. The highest BCUT2D eigenvalue weighted by Crippen LogP contribution is 2.38. The van der Waals surface area contributed by atoms with Crippen molar-refractivity contribution in [3.05, 3.63) is 61.8 Å². The number of benzene rings is 1. The van der Waals surface area contributed by atoms with E-state index in [4.69, 9.17) is 0 Å². The lowest BCUT2D eigenvalue weighted by molar-refractivity contribution is 0.0747. The van der Waals surface area contributed by atoms with Crippen molar-refractivity contribution in [2.75, 3.05) is 6.54 Å². The molecule has 0 amide bonds. The van der Waals surface area contributed by atoms with Crippen molar-refractivity contribution in [3.63, 3.8) is 0 Å². The number of carbonyl (C=O) groups excluding carboxylic acids is 2. The van der Waals surface area contributed by atoms with Crippen LogP contribution in [0.1, 0.15) is 58.9 Å². The molecule has 0 bridgehead atoms. The number of H-pyrrole nitrogens is 2. The van der Waals surface area contributed by atoms with E-state index < -0.39 is 39.8 Å². The smallest absolute Gasteiger partial charge is 0.328 e. The van der Waals surface area contributed by atoms with Gasteiger partial charge in [0.15, 0.2) is 17.1 Å². The third-order valence-corrected chi connectivity index (χ3v) is 4.82. The van der Waals surface area contributed by atoms with E-state index in [-0.39, 0.29) is 11.1 Å². The molecular weight excluding hydrogens is 350 g/mol. The van der Waals surface area contributed by atoms with Gasteiger partial charge < -0.3 is 5.11 Å². The van der Waals surface area contributed by atoms with Gasteiger partial charge >= 0.3 is 5.69 Å². The number of ketones is 2. The van der Waals surface area contributed by atoms with Crippen molar-refractivity contribution in [2.45, 2.75) is 38.1 Å². The lowest BCUT2D eigenvalue weighted by atomic mass is 9.85. The van der Waals surface area contributed by atoms with Gasteiger partial charge in [0.1, 0.15) is 5.56 Å². The van der Waals surface area contributed by atoms with Crippen molar-refractivity contribution < 1.29 is 14.7 Å². The molecule has 1 aliphatic carbocycles. The summed E-state index contributed by atoms with van der Waals surface area (Å²) in [5.41, 5.74) is -4.09. The molecule has 0 fully saturated rings. The number of aromatic hydroxyl groups is 1. The number of hydrogen-bond donors (Lipinski definition) is 4. The molecule has 1 aromatic heterocycles. The van der Waals surface area contributed by atoms with Gasteiger partial charge in [0.25, 0.3) is 5.56 Å². The minimum absolute atomic E-state index is 0.175. The molecule has 2 aromatic rings. The minimum atomic E-state index is -2.06. The summed E-state index contributed by atoms with van der Waals surface area (Å²) in [6.45, 7) is 2.36. The first-order valence-corrected chi connectivity index (χ1v) is 8.93. The SMILES string of the molecule is CCCCCCNC1(c2c(O)[nH]c(=O)[nH]c2=O)C(=O)c2ccccc2C1=O. The molecule has 0 saturated carbocycles. The third-order valence-electron chi connectivity index (χ3n) is 4.82. The Morgan fingerprint density at radius 3 is 2.15 bits per heavy atom. The Labute approximate surface area is 154 Å². The van der Waals surface area contributed by atoms with Crippen molar-refractivity contribution in [2.24, 2.45) is 0 Å². The number of fused-ring (bicyclic) bond motifs is 1. The zero-order valence-electron chi connectivity index (χ0n) is 14.9. The van der Waals surface area contributed by atoms with E-state index in [1.807, 2.05) is 4.98 Å². The van der Waals surface area contributed by atoms with Gasteiger partial charge in [0.05, 0.1) is 0 Å². The maximum Gasteiger partial charge on any atom is 0.328 e. The largest absolute Gasteiger partial charge is 0.494 e. The number of carbonyl (C=O) groups is 2. The number of Topliss-reactive ketones (excluding diaryl/α,β-unsaturated/α-hetero) is 2. The lowest BCUT2D eigenvalue weighted by Crippen LogP contribution is -2.55. The average molecular weight is 371 g/mol. The Morgan fingerprint density at radius 1 is 0.963 bits per heavy atom. The Kier molecular flexibility index (Phi) is 5.09. The van der Waals surface area contributed by atoms with Gasteiger partial charge in [-0.2, -0.15) is 0 Å². The second-order valence-corrected chi connectivity index (χ2v) is 6.57. The minimum Gasteiger partial charge on any atom is -0.494 e. The van der Waals surface area contributed by atoms with Gasteiger partial charge in [-0.05, 0) is 13.0 Å². The number of aromatic nitrogens is 2. The molecule has 0 radical (unpaired) electrons. The summed E-state index contributed by atoms with van der Waals surface area (Å²) in [6.07, 6.45) is 3.60. The van der Waals surface area contributed by atoms with E-state index in [2.05, 4.69) is 17.2 Å². The van der Waals surface area contributed by atoms with Crippen LogP contribution in [0.4, 0.5) is 0 Å². The quantitative estimate of drug-likeness (QED) is 0.427. The van der Waals surface area contributed by atoms with E-state index >= 15 is 0 Å². The van der Waals surface area contributed by atoms with Crippen molar-refractivity contribution in [3.8, 4) is 5.88 Å². The standard InChI is InChI=1S/C19H21N3O5/c1-2-3-4-7-10-20-19(13-16(25)21-18(27)22-17(13)26)14(23)11-8-5-6-9-12(11)15(19)24/h5-6,8-9,20H,2-4,7,10H2,1H3,(H3,21,22,25,26,27). The normalized spacial score (nSPS) is 15.1. The zero-order valence-corrected chi connectivity index (χ0v) is 14.9. The van der Waals surface area contributed by atoms with Crippen LogP contribution in [-0.2, 0) is 5.54 Å². The highest BCUT2D eigenvalue weighted by molar-refractivity contribution is 6.33. The summed E-state index contributed by atoms with van der Waals surface area (Å²) < 4.78 is 0. The van der Waals surface area contributed by atoms with E-state index in [0.717, 1.165) is 19.3 Å². The van der Waals surface area contributed by atoms with Gasteiger partial charge in [0, 0.05) is 11.1 Å². The molecule has 0 atom stereocenters. The molecule has 1 heterocycles. The first-order chi connectivity index (χ1) is 12.9. The van der Waals surface area contributed by atoms with Crippen LogP contribution in [0.2, 0.25) is 0 Å². The Balaban J connectivity index is 2.13. The van der Waals surface area contributed by atoms with Crippen LogP contribution in [0, 0.1) is 0 Å². The summed E-state index contributed by atoms with van der Waals surface area (Å²) in [7, 11) is 0. The van der Waals surface area contributed by atoms with Crippen LogP contribution < -0.4 is 16.6 Å². The van der Waals surface area contributed by atoms with Crippen molar-refractivity contribution >= 4 is 11.6 Å². The van der Waals surface area contributed by atoms with Gasteiger partial charge in [-0.1, -0.05) is 50.5 Å². The van der Waals surface area contributed by atoms with Gasteiger partial charge in [0.2, 0.25) is 5.88 Å². The fraction of sp³-hybridized carbons (Fsp3) is 0.368. The maximum absolute atomic E-state index is 13.2. The maximum atomic E-state index is 13.2. The van der Waals surface area contributed by atoms with Gasteiger partial charge in [-0.15, -0.1) is 0 Å². The number of hydrogen-bond acceptors (Lipinski definition) is 6. The van der Waals surface area contributed by atoms with E-state index in [0.29, 0.717) is 13.0 Å². The number of aromatic amines is 2. The molecule has 8 heteroatoms. The zero-order chi connectivity index (χ0) is 19.6. The van der Waals surface area contributed by atoms with Gasteiger partial charge in [-0.3, -0.25) is 29.7 Å². The highest BCUT2D eigenvalue weighted by Gasteiger charge is 2.56. The summed E-state index contributed by atoms with van der Waals surface area (Å²) in [5.74, 6) is -2.03. The highest BCUT2D eigenvalue weighted by atomic mass is 16.3. The Morgan fingerprint density at radius 2 is 1.59 bits per heavy atom. The molecule has 142 valence electrons. The predicted molar refractivity (Wildman–Crippen MR) is 98.3 cm³/mol. The lowest BCUT2D eigenvalue weighted by Gasteiger charge is -2.27. The third kappa shape index (κ3) is 3.02. The van der Waals surface area contributed by atoms with Crippen LogP contribution in [0.5, 0.6) is 5.88 Å². The monoisotopic (exact) mass is 371 g/mol.